The van der Waals surface area contributed by atoms with Gasteiger partial charge in [0, 0.05) is 5.69 Å². The Morgan fingerprint density at radius 2 is 2.15 bits per heavy atom. The predicted molar refractivity (Wildman–Crippen MR) is 76.1 cm³/mol. The maximum absolute atomic E-state index is 10.8. The molecule has 1 aliphatic rings. The summed E-state index contributed by atoms with van der Waals surface area (Å²) < 4.78 is 5.25. The second-order valence-corrected chi connectivity index (χ2v) is 5.11. The van der Waals surface area contributed by atoms with E-state index in [0.29, 0.717) is 12.3 Å². The molecule has 1 aliphatic carbocycles. The second kappa shape index (κ2) is 5.41. The Labute approximate surface area is 117 Å². The van der Waals surface area contributed by atoms with Crippen LogP contribution in [0, 0.1) is 0 Å². The van der Waals surface area contributed by atoms with Gasteiger partial charge >= 0.3 is 5.97 Å². The Morgan fingerprint density at radius 3 is 2.95 bits per heavy atom. The number of rotatable bonds is 4. The Balaban J connectivity index is 1.73. The quantitative estimate of drug-likeness (QED) is 0.893. The highest BCUT2D eigenvalue weighted by Gasteiger charge is 2.13. The average Bonchev–Trinajstić information content (AvgIpc) is 2.94. The molecule has 2 N–H and O–H groups in total. The van der Waals surface area contributed by atoms with Crippen LogP contribution >= 0.6 is 0 Å². The molecule has 0 spiro atoms. The SMILES string of the molecule is O=C(O)c1coc(CNc2cccc3c2CCCC3)c1. The number of anilines is 1. The van der Waals surface area contributed by atoms with Crippen LogP contribution in [0.1, 0.15) is 40.1 Å². The number of nitrogens with one attached hydrogen (secondary N) is 1. The van der Waals surface area contributed by atoms with Crippen molar-refractivity contribution < 1.29 is 14.3 Å². The van der Waals surface area contributed by atoms with E-state index in [9.17, 15) is 4.79 Å². The molecular formula is C16H17NO3. The van der Waals surface area contributed by atoms with Crippen LogP contribution in [0.2, 0.25) is 0 Å². The molecule has 1 heterocycles. The summed E-state index contributed by atoms with van der Waals surface area (Å²) in [7, 11) is 0. The van der Waals surface area contributed by atoms with Crippen molar-refractivity contribution in [2.75, 3.05) is 5.32 Å². The molecule has 4 heteroatoms. The lowest BCUT2D eigenvalue weighted by molar-refractivity contribution is 0.0696. The topological polar surface area (TPSA) is 62.5 Å². The van der Waals surface area contributed by atoms with Crippen LogP contribution in [0.4, 0.5) is 5.69 Å². The zero-order valence-electron chi connectivity index (χ0n) is 11.2. The summed E-state index contributed by atoms with van der Waals surface area (Å²) in [5, 5.41) is 12.2. The minimum atomic E-state index is -0.961. The molecule has 1 aromatic carbocycles. The molecule has 20 heavy (non-hydrogen) atoms. The smallest absolute Gasteiger partial charge is 0.338 e. The van der Waals surface area contributed by atoms with Crippen molar-refractivity contribution in [1.29, 1.82) is 0 Å². The predicted octanol–water partition coefficient (Wildman–Crippen LogP) is 3.47. The van der Waals surface area contributed by atoms with Gasteiger partial charge in [-0.25, -0.2) is 4.79 Å². The Morgan fingerprint density at radius 1 is 1.30 bits per heavy atom. The molecule has 0 saturated heterocycles. The number of aryl methyl sites for hydroxylation is 1. The fourth-order valence-corrected chi connectivity index (χ4v) is 2.71. The molecule has 0 bridgehead atoms. The third kappa shape index (κ3) is 2.54. The Bertz CT molecular complexity index is 630. The number of furan rings is 1. The molecule has 0 saturated carbocycles. The molecule has 1 aromatic heterocycles. The van der Waals surface area contributed by atoms with Gasteiger partial charge in [0.25, 0.3) is 0 Å². The molecule has 0 amide bonds. The number of carbonyl (C=O) groups is 1. The summed E-state index contributed by atoms with van der Waals surface area (Å²) >= 11 is 0. The number of carboxylic acid groups (broad SMARTS) is 1. The van der Waals surface area contributed by atoms with Crippen molar-refractivity contribution in [3.8, 4) is 0 Å². The molecular weight excluding hydrogens is 254 g/mol. The summed E-state index contributed by atoms with van der Waals surface area (Å²) in [5.74, 6) is -0.326. The largest absolute Gasteiger partial charge is 0.478 e. The molecule has 0 unspecified atom stereocenters. The van der Waals surface area contributed by atoms with Crippen molar-refractivity contribution in [3.05, 3.63) is 53.0 Å². The minimum Gasteiger partial charge on any atom is -0.478 e. The van der Waals surface area contributed by atoms with E-state index in [4.69, 9.17) is 9.52 Å². The second-order valence-electron chi connectivity index (χ2n) is 5.11. The number of carboxylic acids is 1. The van der Waals surface area contributed by atoms with E-state index in [1.807, 2.05) is 0 Å². The zero-order valence-corrected chi connectivity index (χ0v) is 11.2. The zero-order chi connectivity index (χ0) is 13.9. The lowest BCUT2D eigenvalue weighted by atomic mass is 9.90. The Hall–Kier alpha value is -2.23. The fourth-order valence-electron chi connectivity index (χ4n) is 2.71. The van der Waals surface area contributed by atoms with Crippen LogP contribution in [0.25, 0.3) is 0 Å². The highest BCUT2D eigenvalue weighted by molar-refractivity contribution is 5.87. The van der Waals surface area contributed by atoms with E-state index in [2.05, 4.69) is 23.5 Å². The summed E-state index contributed by atoms with van der Waals surface area (Å²) in [6, 6.07) is 7.89. The third-order valence-corrected chi connectivity index (χ3v) is 3.75. The van der Waals surface area contributed by atoms with Gasteiger partial charge in [0.2, 0.25) is 0 Å². The summed E-state index contributed by atoms with van der Waals surface area (Å²) in [6.45, 7) is 0.504. The van der Waals surface area contributed by atoms with E-state index in [-0.39, 0.29) is 5.56 Å². The van der Waals surface area contributed by atoms with Gasteiger partial charge in [-0.05, 0) is 48.9 Å². The molecule has 0 radical (unpaired) electrons. The van der Waals surface area contributed by atoms with Gasteiger partial charge in [0.05, 0.1) is 12.1 Å². The first kappa shape index (κ1) is 12.8. The summed E-state index contributed by atoms with van der Waals surface area (Å²) in [6.07, 6.45) is 6.03. The third-order valence-electron chi connectivity index (χ3n) is 3.75. The fraction of sp³-hybridized carbons (Fsp3) is 0.312. The summed E-state index contributed by atoms with van der Waals surface area (Å²) in [4.78, 5) is 10.8. The lowest BCUT2D eigenvalue weighted by Gasteiger charge is -2.19. The first-order valence-electron chi connectivity index (χ1n) is 6.89. The van der Waals surface area contributed by atoms with E-state index in [1.54, 1.807) is 6.07 Å². The van der Waals surface area contributed by atoms with Crippen molar-refractivity contribution in [3.63, 3.8) is 0 Å². The van der Waals surface area contributed by atoms with Crippen LogP contribution < -0.4 is 5.32 Å². The van der Waals surface area contributed by atoms with Crippen molar-refractivity contribution in [1.82, 2.24) is 0 Å². The van der Waals surface area contributed by atoms with Gasteiger partial charge in [-0.15, -0.1) is 0 Å². The van der Waals surface area contributed by atoms with Gasteiger partial charge in [0.15, 0.2) is 0 Å². The molecule has 0 atom stereocenters. The number of aromatic carboxylic acids is 1. The summed E-state index contributed by atoms with van der Waals surface area (Å²) in [5.41, 5.74) is 4.14. The van der Waals surface area contributed by atoms with E-state index in [0.717, 1.165) is 18.5 Å². The van der Waals surface area contributed by atoms with Gasteiger partial charge in [-0.1, -0.05) is 12.1 Å². The van der Waals surface area contributed by atoms with Crippen LogP contribution in [0.15, 0.2) is 34.9 Å². The molecule has 0 fully saturated rings. The van der Waals surface area contributed by atoms with Gasteiger partial charge in [0.1, 0.15) is 12.0 Å². The normalized spacial score (nSPS) is 13.8. The standard InChI is InChI=1S/C16H17NO3/c18-16(19)12-8-13(20-10-12)9-17-15-7-3-5-11-4-1-2-6-14(11)15/h3,5,7-8,10,17H,1-2,4,6,9H2,(H,18,19). The highest BCUT2D eigenvalue weighted by atomic mass is 16.4. The van der Waals surface area contributed by atoms with Crippen molar-refractivity contribution in [2.45, 2.75) is 32.2 Å². The highest BCUT2D eigenvalue weighted by Crippen LogP contribution is 2.28. The monoisotopic (exact) mass is 271 g/mol. The number of hydrogen-bond acceptors (Lipinski definition) is 3. The first-order chi connectivity index (χ1) is 9.74. The molecule has 0 aliphatic heterocycles. The molecule has 2 aromatic rings. The van der Waals surface area contributed by atoms with E-state index < -0.39 is 5.97 Å². The van der Waals surface area contributed by atoms with Crippen molar-refractivity contribution in [2.24, 2.45) is 0 Å². The van der Waals surface area contributed by atoms with Crippen molar-refractivity contribution >= 4 is 11.7 Å². The number of benzene rings is 1. The van der Waals surface area contributed by atoms with Gasteiger partial charge < -0.3 is 14.8 Å². The van der Waals surface area contributed by atoms with Crippen LogP contribution in [0.3, 0.4) is 0 Å². The maximum Gasteiger partial charge on any atom is 0.338 e. The van der Waals surface area contributed by atoms with E-state index >= 15 is 0 Å². The lowest BCUT2D eigenvalue weighted by Crippen LogP contribution is -2.08. The van der Waals surface area contributed by atoms with Gasteiger partial charge in [-0.3, -0.25) is 0 Å². The number of hydrogen-bond donors (Lipinski definition) is 2. The van der Waals surface area contributed by atoms with Crippen LogP contribution in [0.5, 0.6) is 0 Å². The maximum atomic E-state index is 10.8. The average molecular weight is 271 g/mol. The molecule has 3 rings (SSSR count). The molecule has 104 valence electrons. The minimum absolute atomic E-state index is 0.192. The number of fused-ring (bicyclic) bond motifs is 1. The van der Waals surface area contributed by atoms with E-state index in [1.165, 1.54) is 30.2 Å². The van der Waals surface area contributed by atoms with Crippen LogP contribution in [-0.2, 0) is 19.4 Å². The van der Waals surface area contributed by atoms with Crippen LogP contribution in [-0.4, -0.2) is 11.1 Å². The van der Waals surface area contributed by atoms with Gasteiger partial charge in [-0.2, -0.15) is 0 Å². The Kier molecular flexibility index (Phi) is 3.46. The first-order valence-corrected chi connectivity index (χ1v) is 6.89. The molecule has 4 nitrogen and oxygen atoms in total.